The van der Waals surface area contributed by atoms with Gasteiger partial charge in [-0.15, -0.1) is 11.3 Å². The smallest absolute Gasteiger partial charge is 0.271 e. The average molecular weight is 369 g/mol. The molecular formula is C9H7BrClN3O2S2. The fourth-order valence-electron chi connectivity index (χ4n) is 1.15. The van der Waals surface area contributed by atoms with Crippen molar-refractivity contribution in [1.82, 2.24) is 4.98 Å². The minimum absolute atomic E-state index is 0.145. The van der Waals surface area contributed by atoms with E-state index in [2.05, 4.69) is 25.6 Å². The first kappa shape index (κ1) is 13.6. The standard InChI is InChI=1S/C9H7BrClN3O2S2/c10-7-2-6(3-13-9(7)11)14-18(15,16)8-1-5(12)4-17-8/h1-4,14H,12H2. The lowest BCUT2D eigenvalue weighted by Gasteiger charge is -2.06. The number of nitrogens with one attached hydrogen (secondary N) is 1. The van der Waals surface area contributed by atoms with Gasteiger partial charge in [-0.05, 0) is 28.1 Å². The zero-order valence-corrected chi connectivity index (χ0v) is 12.7. The molecule has 0 spiro atoms. The largest absolute Gasteiger partial charge is 0.398 e. The number of aromatic nitrogens is 1. The highest BCUT2D eigenvalue weighted by molar-refractivity contribution is 9.10. The van der Waals surface area contributed by atoms with E-state index >= 15 is 0 Å². The molecule has 0 saturated carbocycles. The summed E-state index contributed by atoms with van der Waals surface area (Å²) in [5.41, 5.74) is 6.22. The van der Waals surface area contributed by atoms with E-state index in [0.717, 1.165) is 11.3 Å². The molecule has 0 atom stereocenters. The van der Waals surface area contributed by atoms with Crippen molar-refractivity contribution in [1.29, 1.82) is 0 Å². The summed E-state index contributed by atoms with van der Waals surface area (Å²) < 4.78 is 27.0. The van der Waals surface area contributed by atoms with Crippen LogP contribution in [0.4, 0.5) is 11.4 Å². The number of halogens is 2. The van der Waals surface area contributed by atoms with E-state index < -0.39 is 10.0 Å². The molecule has 0 radical (unpaired) electrons. The fourth-order valence-corrected chi connectivity index (χ4v) is 3.72. The predicted octanol–water partition coefficient (Wildman–Crippen LogP) is 2.94. The average Bonchev–Trinajstić information content (AvgIpc) is 2.71. The van der Waals surface area contributed by atoms with Crippen molar-refractivity contribution in [3.05, 3.63) is 33.3 Å². The quantitative estimate of drug-likeness (QED) is 0.816. The van der Waals surface area contributed by atoms with Gasteiger partial charge in [0.1, 0.15) is 9.36 Å². The Kier molecular flexibility index (Phi) is 3.81. The van der Waals surface area contributed by atoms with Crippen molar-refractivity contribution in [2.75, 3.05) is 10.5 Å². The molecule has 0 saturated heterocycles. The molecule has 0 amide bonds. The number of anilines is 2. The van der Waals surface area contributed by atoms with E-state index in [1.165, 1.54) is 18.3 Å². The Morgan fingerprint density at radius 2 is 2.17 bits per heavy atom. The Balaban J connectivity index is 2.30. The van der Waals surface area contributed by atoms with Crippen molar-refractivity contribution in [2.24, 2.45) is 0 Å². The first-order valence-electron chi connectivity index (χ1n) is 4.56. The molecule has 96 valence electrons. The van der Waals surface area contributed by atoms with Crippen LogP contribution in [-0.4, -0.2) is 13.4 Å². The molecule has 2 aromatic heterocycles. The van der Waals surface area contributed by atoms with Crippen molar-refractivity contribution < 1.29 is 8.42 Å². The van der Waals surface area contributed by atoms with Gasteiger partial charge < -0.3 is 5.73 Å². The third-order valence-corrected chi connectivity index (χ3v) is 5.88. The topological polar surface area (TPSA) is 85.1 Å². The fraction of sp³-hybridized carbons (Fsp3) is 0. The van der Waals surface area contributed by atoms with Crippen LogP contribution in [0.1, 0.15) is 0 Å². The Hall–Kier alpha value is -0.830. The molecule has 3 N–H and O–H groups in total. The Morgan fingerprint density at radius 3 is 2.72 bits per heavy atom. The maximum absolute atomic E-state index is 12.0. The van der Waals surface area contributed by atoms with E-state index in [1.54, 1.807) is 5.38 Å². The van der Waals surface area contributed by atoms with E-state index in [0.29, 0.717) is 15.8 Å². The molecule has 9 heteroatoms. The summed E-state index contributed by atoms with van der Waals surface area (Å²) in [5, 5.41) is 1.82. The third-order valence-electron chi connectivity index (χ3n) is 1.91. The molecule has 5 nitrogen and oxygen atoms in total. The van der Waals surface area contributed by atoms with Crippen molar-refractivity contribution in [3.63, 3.8) is 0 Å². The summed E-state index contributed by atoms with van der Waals surface area (Å²) >= 11 is 9.94. The lowest BCUT2D eigenvalue weighted by molar-refractivity contribution is 0.603. The van der Waals surface area contributed by atoms with Crippen LogP contribution in [0, 0.1) is 0 Å². The van der Waals surface area contributed by atoms with E-state index in [1.807, 2.05) is 0 Å². The van der Waals surface area contributed by atoms with Gasteiger partial charge in [0, 0.05) is 11.1 Å². The summed E-state index contributed by atoms with van der Waals surface area (Å²) in [6.07, 6.45) is 1.33. The normalized spacial score (nSPS) is 11.4. The van der Waals surface area contributed by atoms with Gasteiger partial charge in [-0.1, -0.05) is 11.6 Å². The molecule has 0 fully saturated rings. The van der Waals surface area contributed by atoms with Crippen LogP contribution in [0.5, 0.6) is 0 Å². The van der Waals surface area contributed by atoms with Crippen molar-refractivity contribution >= 4 is 60.3 Å². The zero-order chi connectivity index (χ0) is 13.3. The second-order valence-corrected chi connectivity index (χ2v) is 7.33. The highest BCUT2D eigenvalue weighted by Crippen LogP contribution is 2.27. The molecule has 0 aliphatic carbocycles. The van der Waals surface area contributed by atoms with Gasteiger partial charge >= 0.3 is 0 Å². The van der Waals surface area contributed by atoms with Crippen LogP contribution < -0.4 is 10.5 Å². The summed E-state index contributed by atoms with van der Waals surface area (Å²) in [5.74, 6) is 0. The number of rotatable bonds is 3. The summed E-state index contributed by atoms with van der Waals surface area (Å²) in [7, 11) is -3.64. The maximum atomic E-state index is 12.0. The van der Waals surface area contributed by atoms with Crippen LogP contribution in [0.15, 0.2) is 32.4 Å². The molecule has 0 aliphatic rings. The van der Waals surface area contributed by atoms with Gasteiger partial charge in [0.15, 0.2) is 0 Å². The van der Waals surface area contributed by atoms with Crippen LogP contribution >= 0.6 is 38.9 Å². The Morgan fingerprint density at radius 1 is 1.44 bits per heavy atom. The van der Waals surface area contributed by atoms with Crippen LogP contribution in [0.25, 0.3) is 0 Å². The first-order chi connectivity index (χ1) is 8.38. The van der Waals surface area contributed by atoms with Crippen LogP contribution in [-0.2, 0) is 10.0 Å². The number of hydrogen-bond donors (Lipinski definition) is 2. The van der Waals surface area contributed by atoms with Crippen molar-refractivity contribution in [2.45, 2.75) is 4.21 Å². The van der Waals surface area contributed by atoms with Gasteiger partial charge in [0.05, 0.1) is 16.4 Å². The SMILES string of the molecule is Nc1csc(S(=O)(=O)Nc2cnc(Cl)c(Br)c2)c1. The second kappa shape index (κ2) is 5.04. The third kappa shape index (κ3) is 2.94. The number of thiophene rings is 1. The molecule has 0 aromatic carbocycles. The number of pyridine rings is 1. The van der Waals surface area contributed by atoms with E-state index in [-0.39, 0.29) is 9.36 Å². The van der Waals surface area contributed by atoms with Crippen LogP contribution in [0.2, 0.25) is 5.15 Å². The monoisotopic (exact) mass is 367 g/mol. The summed E-state index contributed by atoms with van der Waals surface area (Å²) in [4.78, 5) is 3.83. The lowest BCUT2D eigenvalue weighted by Crippen LogP contribution is -2.11. The van der Waals surface area contributed by atoms with Gasteiger partial charge in [0.25, 0.3) is 10.0 Å². The molecule has 2 aromatic rings. The minimum atomic E-state index is -3.64. The Bertz CT molecular complexity index is 687. The zero-order valence-electron chi connectivity index (χ0n) is 8.72. The van der Waals surface area contributed by atoms with Crippen molar-refractivity contribution in [3.8, 4) is 0 Å². The predicted molar refractivity (Wildman–Crippen MR) is 76.5 cm³/mol. The summed E-state index contributed by atoms with van der Waals surface area (Å²) in [6, 6.07) is 2.93. The summed E-state index contributed by atoms with van der Waals surface area (Å²) in [6.45, 7) is 0. The number of sulfonamides is 1. The number of nitrogens with two attached hydrogens (primary N) is 1. The molecule has 2 heterocycles. The number of hydrogen-bond acceptors (Lipinski definition) is 5. The molecule has 0 bridgehead atoms. The minimum Gasteiger partial charge on any atom is -0.398 e. The van der Waals surface area contributed by atoms with Gasteiger partial charge in [-0.2, -0.15) is 0 Å². The maximum Gasteiger partial charge on any atom is 0.271 e. The molecule has 2 rings (SSSR count). The highest BCUT2D eigenvalue weighted by atomic mass is 79.9. The second-order valence-electron chi connectivity index (χ2n) is 3.30. The molecule has 0 aliphatic heterocycles. The molecule has 0 unspecified atom stereocenters. The van der Waals surface area contributed by atoms with Gasteiger partial charge in [-0.25, -0.2) is 13.4 Å². The lowest BCUT2D eigenvalue weighted by atomic mass is 10.4. The highest BCUT2D eigenvalue weighted by Gasteiger charge is 2.17. The van der Waals surface area contributed by atoms with E-state index in [9.17, 15) is 8.42 Å². The number of nitrogens with zero attached hydrogens (tertiary/aromatic N) is 1. The van der Waals surface area contributed by atoms with E-state index in [4.69, 9.17) is 17.3 Å². The van der Waals surface area contributed by atoms with Gasteiger partial charge in [0.2, 0.25) is 0 Å². The number of nitrogen functional groups attached to an aromatic ring is 1. The van der Waals surface area contributed by atoms with Crippen LogP contribution in [0.3, 0.4) is 0 Å². The Labute approximate surface area is 121 Å². The first-order valence-corrected chi connectivity index (χ1v) is 8.10. The van der Waals surface area contributed by atoms with Gasteiger partial charge in [-0.3, -0.25) is 4.72 Å². The molecular weight excluding hydrogens is 362 g/mol. The molecule has 18 heavy (non-hydrogen) atoms.